The Morgan fingerprint density at radius 3 is 2.59 bits per heavy atom. The van der Waals surface area contributed by atoms with Gasteiger partial charge in [-0.2, -0.15) is 0 Å². The van der Waals surface area contributed by atoms with Crippen molar-refractivity contribution in [1.82, 2.24) is 19.7 Å². The number of aromatic nitrogens is 3. The number of aliphatic hydroxyl groups excluding tert-OH is 1. The molecule has 118 valence electrons. The van der Waals surface area contributed by atoms with Crippen LogP contribution in [-0.4, -0.2) is 38.4 Å². The van der Waals surface area contributed by atoms with Crippen molar-refractivity contribution in [1.29, 1.82) is 0 Å². The molecule has 1 atom stereocenters. The zero-order valence-corrected chi connectivity index (χ0v) is 13.5. The first-order chi connectivity index (χ1) is 10.5. The van der Waals surface area contributed by atoms with E-state index in [1.807, 2.05) is 45.3 Å². The van der Waals surface area contributed by atoms with Crippen LogP contribution in [0.3, 0.4) is 0 Å². The van der Waals surface area contributed by atoms with E-state index in [0.29, 0.717) is 19.0 Å². The molecule has 1 aliphatic rings. The summed E-state index contributed by atoms with van der Waals surface area (Å²) in [7, 11) is 4.04. The lowest BCUT2D eigenvalue weighted by molar-refractivity contribution is 0.122. The first-order valence-corrected chi connectivity index (χ1v) is 7.86. The van der Waals surface area contributed by atoms with Gasteiger partial charge in [0.2, 0.25) is 0 Å². The maximum absolute atomic E-state index is 10.3. The maximum Gasteiger partial charge on any atom is 0.146 e. The van der Waals surface area contributed by atoms with Gasteiger partial charge in [-0.15, -0.1) is 10.2 Å². The van der Waals surface area contributed by atoms with Gasteiger partial charge in [-0.05, 0) is 32.4 Å². The second-order valence-electron chi connectivity index (χ2n) is 6.43. The Labute approximate surface area is 131 Å². The van der Waals surface area contributed by atoms with Gasteiger partial charge in [0.25, 0.3) is 0 Å². The van der Waals surface area contributed by atoms with Crippen LogP contribution in [0.4, 0.5) is 0 Å². The Kier molecular flexibility index (Phi) is 4.27. The Balaban J connectivity index is 1.59. The van der Waals surface area contributed by atoms with Crippen LogP contribution in [0.15, 0.2) is 24.3 Å². The molecule has 1 N–H and O–H groups in total. The molecule has 0 spiro atoms. The van der Waals surface area contributed by atoms with Gasteiger partial charge in [0.1, 0.15) is 11.6 Å². The molecule has 1 aromatic heterocycles. The molecule has 0 radical (unpaired) electrons. The van der Waals surface area contributed by atoms with E-state index in [-0.39, 0.29) is 0 Å². The van der Waals surface area contributed by atoms with Gasteiger partial charge >= 0.3 is 0 Å². The lowest BCUT2D eigenvalue weighted by Gasteiger charge is -2.20. The van der Waals surface area contributed by atoms with Crippen molar-refractivity contribution < 1.29 is 5.11 Å². The highest BCUT2D eigenvalue weighted by Gasteiger charge is 2.29. The zero-order chi connectivity index (χ0) is 15.7. The molecule has 1 saturated carbocycles. The van der Waals surface area contributed by atoms with Crippen molar-refractivity contribution >= 4 is 0 Å². The molecular formula is C17H24N4O. The SMILES string of the molecule is Cc1ccc(C(O)CN(C)Cc2nnc(C3CC3)n2C)cc1. The average molecular weight is 300 g/mol. The third-order valence-corrected chi connectivity index (χ3v) is 4.30. The number of hydrogen-bond donors (Lipinski definition) is 1. The van der Waals surface area contributed by atoms with Crippen LogP contribution in [0.1, 0.15) is 47.6 Å². The second-order valence-corrected chi connectivity index (χ2v) is 6.43. The summed E-state index contributed by atoms with van der Waals surface area (Å²) in [6.45, 7) is 3.32. The Morgan fingerprint density at radius 1 is 1.27 bits per heavy atom. The molecule has 1 aliphatic carbocycles. The summed E-state index contributed by atoms with van der Waals surface area (Å²) in [5, 5.41) is 18.9. The lowest BCUT2D eigenvalue weighted by atomic mass is 10.1. The number of likely N-dealkylation sites (N-methyl/N-ethyl adjacent to an activating group) is 1. The number of benzene rings is 1. The van der Waals surface area contributed by atoms with Gasteiger partial charge in [-0.25, -0.2) is 0 Å². The normalized spacial score (nSPS) is 16.2. The molecule has 1 fully saturated rings. The summed E-state index contributed by atoms with van der Waals surface area (Å²) in [6.07, 6.45) is 1.98. The van der Waals surface area contributed by atoms with E-state index >= 15 is 0 Å². The largest absolute Gasteiger partial charge is 0.387 e. The molecule has 2 aromatic rings. The molecule has 1 unspecified atom stereocenters. The Bertz CT molecular complexity index is 631. The molecule has 3 rings (SSSR count). The predicted molar refractivity (Wildman–Crippen MR) is 85.5 cm³/mol. The first-order valence-electron chi connectivity index (χ1n) is 7.86. The van der Waals surface area contributed by atoms with Gasteiger partial charge in [-0.3, -0.25) is 4.90 Å². The average Bonchev–Trinajstić information content (AvgIpc) is 3.26. The molecule has 5 nitrogen and oxygen atoms in total. The van der Waals surface area contributed by atoms with E-state index in [9.17, 15) is 5.11 Å². The highest BCUT2D eigenvalue weighted by Crippen LogP contribution is 2.38. The van der Waals surface area contributed by atoms with Crippen LogP contribution in [0.25, 0.3) is 0 Å². The van der Waals surface area contributed by atoms with E-state index in [0.717, 1.165) is 17.2 Å². The minimum atomic E-state index is -0.485. The third-order valence-electron chi connectivity index (χ3n) is 4.30. The summed E-state index contributed by atoms with van der Waals surface area (Å²) in [4.78, 5) is 2.09. The molecule has 1 aromatic carbocycles. The van der Waals surface area contributed by atoms with Crippen LogP contribution >= 0.6 is 0 Å². The smallest absolute Gasteiger partial charge is 0.146 e. The first kappa shape index (κ1) is 15.2. The molecule has 22 heavy (non-hydrogen) atoms. The van der Waals surface area contributed by atoms with E-state index in [4.69, 9.17) is 0 Å². The topological polar surface area (TPSA) is 54.2 Å². The number of aliphatic hydroxyl groups is 1. The quantitative estimate of drug-likeness (QED) is 0.888. The fourth-order valence-electron chi connectivity index (χ4n) is 2.71. The van der Waals surface area contributed by atoms with Crippen molar-refractivity contribution in [2.24, 2.45) is 7.05 Å². The highest BCUT2D eigenvalue weighted by molar-refractivity contribution is 5.23. The summed E-state index contributed by atoms with van der Waals surface area (Å²) >= 11 is 0. The standard InChI is InChI=1S/C17H24N4O/c1-12-4-6-13(7-5-12)15(22)10-20(2)11-16-18-19-17(21(16)3)14-8-9-14/h4-7,14-15,22H,8-11H2,1-3H3. The third kappa shape index (κ3) is 3.36. The van der Waals surface area contributed by atoms with Crippen LogP contribution in [0.2, 0.25) is 0 Å². The second kappa shape index (κ2) is 6.18. The summed E-state index contributed by atoms with van der Waals surface area (Å²) in [5.41, 5.74) is 2.16. The van der Waals surface area contributed by atoms with Crippen molar-refractivity contribution in [2.45, 2.75) is 38.3 Å². The van der Waals surface area contributed by atoms with Crippen LogP contribution in [0.5, 0.6) is 0 Å². The number of hydrogen-bond acceptors (Lipinski definition) is 4. The lowest BCUT2D eigenvalue weighted by Crippen LogP contribution is -2.25. The molecule has 0 saturated heterocycles. The molecule has 5 heteroatoms. The number of nitrogens with zero attached hydrogens (tertiary/aromatic N) is 4. The Morgan fingerprint density at radius 2 is 1.95 bits per heavy atom. The van der Waals surface area contributed by atoms with E-state index in [1.54, 1.807) is 0 Å². The molecule has 0 bridgehead atoms. The van der Waals surface area contributed by atoms with Gasteiger partial charge in [-0.1, -0.05) is 29.8 Å². The van der Waals surface area contributed by atoms with Crippen LogP contribution in [0, 0.1) is 6.92 Å². The van der Waals surface area contributed by atoms with Crippen LogP contribution in [-0.2, 0) is 13.6 Å². The number of rotatable bonds is 6. The summed E-state index contributed by atoms with van der Waals surface area (Å²) in [5.74, 6) is 2.66. The minimum absolute atomic E-state index is 0.485. The highest BCUT2D eigenvalue weighted by atomic mass is 16.3. The summed E-state index contributed by atoms with van der Waals surface area (Å²) in [6, 6.07) is 8.04. The van der Waals surface area contributed by atoms with Gasteiger partial charge in [0.05, 0.1) is 12.6 Å². The fourth-order valence-corrected chi connectivity index (χ4v) is 2.71. The van der Waals surface area contributed by atoms with Gasteiger partial charge in [0, 0.05) is 19.5 Å². The van der Waals surface area contributed by atoms with Crippen molar-refractivity contribution in [3.8, 4) is 0 Å². The maximum atomic E-state index is 10.3. The molecule has 1 heterocycles. The number of aryl methyl sites for hydroxylation is 1. The van der Waals surface area contributed by atoms with E-state index in [2.05, 4.69) is 19.7 Å². The van der Waals surface area contributed by atoms with Crippen molar-refractivity contribution in [3.63, 3.8) is 0 Å². The summed E-state index contributed by atoms with van der Waals surface area (Å²) < 4.78 is 2.10. The van der Waals surface area contributed by atoms with E-state index in [1.165, 1.54) is 18.4 Å². The minimum Gasteiger partial charge on any atom is -0.387 e. The fraction of sp³-hybridized carbons (Fsp3) is 0.529. The molecule has 0 amide bonds. The van der Waals surface area contributed by atoms with Crippen molar-refractivity contribution in [2.75, 3.05) is 13.6 Å². The zero-order valence-electron chi connectivity index (χ0n) is 13.5. The van der Waals surface area contributed by atoms with Crippen LogP contribution < -0.4 is 0 Å². The van der Waals surface area contributed by atoms with Gasteiger partial charge in [0.15, 0.2) is 0 Å². The Hall–Kier alpha value is -1.72. The molecule has 0 aliphatic heterocycles. The van der Waals surface area contributed by atoms with Gasteiger partial charge < -0.3 is 9.67 Å². The molecular weight excluding hydrogens is 276 g/mol. The van der Waals surface area contributed by atoms with Crippen molar-refractivity contribution in [3.05, 3.63) is 47.0 Å². The predicted octanol–water partition coefficient (Wildman–Crippen LogP) is 2.17. The monoisotopic (exact) mass is 300 g/mol. The van der Waals surface area contributed by atoms with E-state index < -0.39 is 6.10 Å².